The predicted molar refractivity (Wildman–Crippen MR) is 108 cm³/mol. The van der Waals surface area contributed by atoms with Gasteiger partial charge in [-0.1, -0.05) is 30.3 Å². The van der Waals surface area contributed by atoms with Gasteiger partial charge in [0.2, 0.25) is 5.91 Å². The molecule has 6 heteroatoms. The molecule has 1 amide bonds. The summed E-state index contributed by atoms with van der Waals surface area (Å²) < 4.78 is 7.97. The van der Waals surface area contributed by atoms with Crippen molar-refractivity contribution >= 4 is 28.5 Å². The van der Waals surface area contributed by atoms with Gasteiger partial charge in [0.05, 0.1) is 17.6 Å². The highest BCUT2D eigenvalue weighted by Gasteiger charge is 2.10. The number of para-hydroxylation sites is 2. The molecule has 0 spiro atoms. The smallest absolute Gasteiger partial charge is 0.243 e. The van der Waals surface area contributed by atoms with E-state index < -0.39 is 0 Å². The summed E-state index contributed by atoms with van der Waals surface area (Å²) in [4.78, 5) is 16.1. The van der Waals surface area contributed by atoms with Crippen LogP contribution in [0.1, 0.15) is 12.2 Å². The van der Waals surface area contributed by atoms with Crippen LogP contribution in [0.2, 0.25) is 5.02 Å². The van der Waals surface area contributed by atoms with E-state index >= 15 is 0 Å². The molecule has 1 aromatic heterocycles. The zero-order chi connectivity index (χ0) is 19.1. The molecule has 27 heavy (non-hydrogen) atoms. The third kappa shape index (κ3) is 5.11. The van der Waals surface area contributed by atoms with E-state index in [2.05, 4.69) is 22.5 Å². The largest absolute Gasteiger partial charge is 0.494 e. The Morgan fingerprint density at radius 1 is 1.22 bits per heavy atom. The molecule has 5 nitrogen and oxygen atoms in total. The number of rotatable bonds is 9. The van der Waals surface area contributed by atoms with Crippen LogP contribution >= 0.6 is 11.6 Å². The molecule has 1 heterocycles. The molecule has 3 aromatic rings. The lowest BCUT2D eigenvalue weighted by Crippen LogP contribution is -2.24. The highest BCUT2D eigenvalue weighted by Crippen LogP contribution is 2.18. The normalized spacial score (nSPS) is 10.7. The van der Waals surface area contributed by atoms with E-state index in [9.17, 15) is 4.79 Å². The summed E-state index contributed by atoms with van der Waals surface area (Å²) in [5.41, 5.74) is 2.05. The van der Waals surface area contributed by atoms with Crippen LogP contribution in [0.5, 0.6) is 5.75 Å². The first kappa shape index (κ1) is 19.0. The summed E-state index contributed by atoms with van der Waals surface area (Å²) in [7, 11) is 0. The van der Waals surface area contributed by atoms with Crippen molar-refractivity contribution in [3.63, 3.8) is 0 Å². The number of fused-ring (bicyclic) bond motifs is 1. The quantitative estimate of drug-likeness (QED) is 0.448. The number of benzene rings is 2. The number of carbonyl (C=O) groups excluding carboxylic acids is 1. The highest BCUT2D eigenvalue weighted by molar-refractivity contribution is 6.30. The Kier molecular flexibility index (Phi) is 6.49. The average molecular weight is 384 g/mol. The molecule has 2 aromatic carbocycles. The van der Waals surface area contributed by atoms with Gasteiger partial charge in [0.1, 0.15) is 11.6 Å². The molecular weight excluding hydrogens is 362 g/mol. The fraction of sp³-hybridized carbons (Fsp3) is 0.238. The van der Waals surface area contributed by atoms with Crippen LogP contribution in [0.4, 0.5) is 0 Å². The van der Waals surface area contributed by atoms with Crippen molar-refractivity contribution in [2.24, 2.45) is 0 Å². The van der Waals surface area contributed by atoms with Gasteiger partial charge in [-0.15, -0.1) is 0 Å². The Morgan fingerprint density at radius 3 is 2.78 bits per heavy atom. The summed E-state index contributed by atoms with van der Waals surface area (Å²) in [6.07, 6.45) is 2.78. The number of hydrogen-bond acceptors (Lipinski definition) is 3. The van der Waals surface area contributed by atoms with E-state index in [-0.39, 0.29) is 5.91 Å². The van der Waals surface area contributed by atoms with Gasteiger partial charge >= 0.3 is 0 Å². The maximum atomic E-state index is 11.3. The zero-order valence-electron chi connectivity index (χ0n) is 15.0. The molecule has 0 aliphatic carbocycles. The Bertz CT molecular complexity index is 919. The standard InChI is InChI=1S/C21H22ClN3O2/c1-2-21(26)23-13-12-20-24-18-6-3-4-7-19(18)25(20)14-5-15-27-17-10-8-16(22)9-11-17/h2-4,6-11H,1,5,12-15H2,(H,23,26). The SMILES string of the molecule is C=CC(=O)NCCc1nc2ccccc2n1CCCOc1ccc(Cl)cc1. The van der Waals surface area contributed by atoms with Gasteiger partial charge in [0, 0.05) is 24.5 Å². The number of aryl methyl sites for hydroxylation is 1. The lowest BCUT2D eigenvalue weighted by molar-refractivity contribution is -0.116. The molecular formula is C21H22ClN3O2. The Labute approximate surface area is 163 Å². The summed E-state index contributed by atoms with van der Waals surface area (Å²) in [6.45, 7) is 5.38. The van der Waals surface area contributed by atoms with Crippen LogP contribution in [0.25, 0.3) is 11.0 Å². The number of carbonyl (C=O) groups is 1. The van der Waals surface area contributed by atoms with E-state index in [0.717, 1.165) is 35.6 Å². The Hall–Kier alpha value is -2.79. The van der Waals surface area contributed by atoms with E-state index in [1.54, 1.807) is 0 Å². The van der Waals surface area contributed by atoms with Gasteiger partial charge in [0.25, 0.3) is 0 Å². The van der Waals surface area contributed by atoms with Crippen molar-refractivity contribution in [3.8, 4) is 5.75 Å². The van der Waals surface area contributed by atoms with Gasteiger partial charge < -0.3 is 14.6 Å². The monoisotopic (exact) mass is 383 g/mol. The molecule has 0 unspecified atom stereocenters. The minimum absolute atomic E-state index is 0.172. The first-order valence-electron chi connectivity index (χ1n) is 8.90. The van der Waals surface area contributed by atoms with Crippen LogP contribution < -0.4 is 10.1 Å². The second-order valence-corrected chi connectivity index (χ2v) is 6.51. The van der Waals surface area contributed by atoms with Crippen LogP contribution in [0.15, 0.2) is 61.2 Å². The van der Waals surface area contributed by atoms with Crippen molar-refractivity contribution in [2.75, 3.05) is 13.2 Å². The second kappa shape index (κ2) is 9.24. The summed E-state index contributed by atoms with van der Waals surface area (Å²) in [6, 6.07) is 15.4. The molecule has 0 fully saturated rings. The van der Waals surface area contributed by atoms with E-state index in [4.69, 9.17) is 21.3 Å². The summed E-state index contributed by atoms with van der Waals surface area (Å²) >= 11 is 5.89. The maximum absolute atomic E-state index is 11.3. The Balaban J connectivity index is 1.62. The van der Waals surface area contributed by atoms with Gasteiger partial charge in [-0.05, 0) is 48.9 Å². The molecule has 140 valence electrons. The van der Waals surface area contributed by atoms with Crippen LogP contribution in [-0.4, -0.2) is 28.6 Å². The van der Waals surface area contributed by atoms with Crippen LogP contribution in [0, 0.1) is 0 Å². The predicted octanol–water partition coefficient (Wildman–Crippen LogP) is 4.00. The molecule has 0 bridgehead atoms. The van der Waals surface area contributed by atoms with Crippen LogP contribution in [-0.2, 0) is 17.8 Å². The average Bonchev–Trinajstić information content (AvgIpc) is 3.04. The number of ether oxygens (including phenoxy) is 1. The molecule has 0 atom stereocenters. The van der Waals surface area contributed by atoms with Crippen molar-refractivity contribution in [1.82, 2.24) is 14.9 Å². The lowest BCUT2D eigenvalue weighted by Gasteiger charge is -2.11. The molecule has 0 saturated carbocycles. The number of nitrogens with one attached hydrogen (secondary N) is 1. The number of amides is 1. The van der Waals surface area contributed by atoms with Gasteiger partial charge in [-0.3, -0.25) is 4.79 Å². The molecule has 3 rings (SSSR count). The number of imidazole rings is 1. The number of hydrogen-bond donors (Lipinski definition) is 1. The minimum Gasteiger partial charge on any atom is -0.494 e. The highest BCUT2D eigenvalue weighted by atomic mass is 35.5. The summed E-state index contributed by atoms with van der Waals surface area (Å²) in [5.74, 6) is 1.59. The molecule has 0 aliphatic heterocycles. The third-order valence-corrected chi connectivity index (χ3v) is 4.43. The number of nitrogens with zero attached hydrogens (tertiary/aromatic N) is 2. The van der Waals surface area contributed by atoms with E-state index in [1.165, 1.54) is 6.08 Å². The zero-order valence-corrected chi connectivity index (χ0v) is 15.8. The van der Waals surface area contributed by atoms with Crippen molar-refractivity contribution in [2.45, 2.75) is 19.4 Å². The first-order valence-corrected chi connectivity index (χ1v) is 9.28. The molecule has 0 aliphatic rings. The first-order chi connectivity index (χ1) is 13.2. The summed E-state index contributed by atoms with van der Waals surface area (Å²) in [5, 5.41) is 3.49. The fourth-order valence-corrected chi connectivity index (χ4v) is 3.00. The van der Waals surface area contributed by atoms with Crippen molar-refractivity contribution < 1.29 is 9.53 Å². The van der Waals surface area contributed by atoms with Crippen molar-refractivity contribution in [1.29, 1.82) is 0 Å². The van der Waals surface area contributed by atoms with Gasteiger partial charge in [-0.25, -0.2) is 4.98 Å². The molecule has 0 radical (unpaired) electrons. The number of halogens is 1. The second-order valence-electron chi connectivity index (χ2n) is 6.07. The topological polar surface area (TPSA) is 56.2 Å². The fourth-order valence-electron chi connectivity index (χ4n) is 2.88. The van der Waals surface area contributed by atoms with E-state index in [1.807, 2.05) is 42.5 Å². The number of aromatic nitrogens is 2. The minimum atomic E-state index is -0.172. The lowest BCUT2D eigenvalue weighted by atomic mass is 10.3. The molecule has 0 saturated heterocycles. The van der Waals surface area contributed by atoms with E-state index in [0.29, 0.717) is 24.6 Å². The maximum Gasteiger partial charge on any atom is 0.243 e. The van der Waals surface area contributed by atoms with Crippen LogP contribution in [0.3, 0.4) is 0 Å². The Morgan fingerprint density at radius 2 is 2.00 bits per heavy atom. The molecule has 1 N–H and O–H groups in total. The van der Waals surface area contributed by atoms with Gasteiger partial charge in [0.15, 0.2) is 0 Å². The van der Waals surface area contributed by atoms with Gasteiger partial charge in [-0.2, -0.15) is 0 Å². The van der Waals surface area contributed by atoms with Crippen molar-refractivity contribution in [3.05, 3.63) is 72.0 Å². The third-order valence-electron chi connectivity index (χ3n) is 4.18.